The third-order valence-corrected chi connectivity index (χ3v) is 2.80. The van der Waals surface area contributed by atoms with Crippen LogP contribution in [0.4, 0.5) is 0 Å². The van der Waals surface area contributed by atoms with Crippen molar-refractivity contribution in [2.75, 3.05) is 13.1 Å². The first-order chi connectivity index (χ1) is 9.81. The van der Waals surface area contributed by atoms with Crippen molar-refractivity contribution in [3.05, 3.63) is 65.7 Å². The van der Waals surface area contributed by atoms with Gasteiger partial charge in [-0.1, -0.05) is 42.5 Å². The van der Waals surface area contributed by atoms with E-state index in [0.717, 1.165) is 5.56 Å². The summed E-state index contributed by atoms with van der Waals surface area (Å²) in [4.78, 5) is 12.0. The zero-order chi connectivity index (χ0) is 14.2. The molecular formula is C16H18N2O2. The Morgan fingerprint density at radius 2 is 1.75 bits per heavy atom. The van der Waals surface area contributed by atoms with Crippen LogP contribution in [0.25, 0.3) is 0 Å². The fourth-order valence-electron chi connectivity index (χ4n) is 1.80. The minimum Gasteiger partial charge on any atom is -0.488 e. The number of nitrogens with two attached hydrogens (primary N) is 1. The van der Waals surface area contributed by atoms with Crippen LogP contribution >= 0.6 is 0 Å². The van der Waals surface area contributed by atoms with Gasteiger partial charge in [0.2, 0.25) is 0 Å². The van der Waals surface area contributed by atoms with Crippen molar-refractivity contribution in [1.82, 2.24) is 5.32 Å². The molecule has 0 aliphatic rings. The second-order valence-corrected chi connectivity index (χ2v) is 4.32. The molecule has 0 unspecified atom stereocenters. The van der Waals surface area contributed by atoms with Crippen molar-refractivity contribution in [3.8, 4) is 5.75 Å². The summed E-state index contributed by atoms with van der Waals surface area (Å²) in [6.07, 6.45) is 0. The molecule has 2 rings (SSSR count). The zero-order valence-corrected chi connectivity index (χ0v) is 11.2. The number of amides is 1. The topological polar surface area (TPSA) is 64.3 Å². The molecule has 0 spiro atoms. The van der Waals surface area contributed by atoms with Gasteiger partial charge in [0.15, 0.2) is 0 Å². The maximum Gasteiger partial charge on any atom is 0.255 e. The molecule has 0 bridgehead atoms. The van der Waals surface area contributed by atoms with Crippen LogP contribution in [-0.4, -0.2) is 19.0 Å². The molecule has 4 heteroatoms. The van der Waals surface area contributed by atoms with Gasteiger partial charge in [0.25, 0.3) is 5.91 Å². The lowest BCUT2D eigenvalue weighted by Gasteiger charge is -2.11. The summed E-state index contributed by atoms with van der Waals surface area (Å²) in [5.41, 5.74) is 6.97. The second kappa shape index (κ2) is 7.31. The fraction of sp³-hybridized carbons (Fsp3) is 0.188. The minimum absolute atomic E-state index is 0.167. The Hall–Kier alpha value is -2.33. The van der Waals surface area contributed by atoms with Gasteiger partial charge in [-0.25, -0.2) is 0 Å². The van der Waals surface area contributed by atoms with E-state index in [1.165, 1.54) is 0 Å². The Morgan fingerprint density at radius 3 is 2.50 bits per heavy atom. The SMILES string of the molecule is NCCNC(=O)c1ccccc1OCc1ccccc1. The van der Waals surface area contributed by atoms with Gasteiger partial charge < -0.3 is 15.8 Å². The summed E-state index contributed by atoms with van der Waals surface area (Å²) in [7, 11) is 0. The van der Waals surface area contributed by atoms with Crippen molar-refractivity contribution in [3.63, 3.8) is 0 Å². The lowest BCUT2D eigenvalue weighted by atomic mass is 10.2. The molecule has 4 nitrogen and oxygen atoms in total. The number of ether oxygens (including phenoxy) is 1. The number of nitrogens with one attached hydrogen (secondary N) is 1. The first-order valence-electron chi connectivity index (χ1n) is 6.55. The fourth-order valence-corrected chi connectivity index (χ4v) is 1.80. The molecule has 0 aliphatic carbocycles. The molecule has 0 fully saturated rings. The van der Waals surface area contributed by atoms with Crippen LogP contribution in [0.3, 0.4) is 0 Å². The number of carbonyl (C=O) groups is 1. The summed E-state index contributed by atoms with van der Waals surface area (Å²) in [5.74, 6) is 0.407. The summed E-state index contributed by atoms with van der Waals surface area (Å²) >= 11 is 0. The smallest absolute Gasteiger partial charge is 0.255 e. The van der Waals surface area contributed by atoms with Crippen LogP contribution in [0.2, 0.25) is 0 Å². The summed E-state index contributed by atoms with van der Waals surface area (Å²) < 4.78 is 5.73. The molecular weight excluding hydrogens is 252 g/mol. The van der Waals surface area contributed by atoms with Crippen molar-refractivity contribution in [2.45, 2.75) is 6.61 Å². The normalized spacial score (nSPS) is 10.1. The van der Waals surface area contributed by atoms with Crippen LogP contribution in [0.5, 0.6) is 5.75 Å². The summed E-state index contributed by atoms with van der Waals surface area (Å²) in [6.45, 7) is 1.30. The standard InChI is InChI=1S/C16H18N2O2/c17-10-11-18-16(19)14-8-4-5-9-15(14)20-12-13-6-2-1-3-7-13/h1-9H,10-12,17H2,(H,18,19). The Bertz CT molecular complexity index is 555. The van der Waals surface area contributed by atoms with Gasteiger partial charge in [-0.2, -0.15) is 0 Å². The monoisotopic (exact) mass is 270 g/mol. The van der Waals surface area contributed by atoms with Gasteiger partial charge >= 0.3 is 0 Å². The molecule has 0 aromatic heterocycles. The maximum atomic E-state index is 12.0. The van der Waals surface area contributed by atoms with E-state index in [1.54, 1.807) is 12.1 Å². The molecule has 0 heterocycles. The van der Waals surface area contributed by atoms with Gasteiger partial charge in [-0.3, -0.25) is 4.79 Å². The molecule has 0 radical (unpaired) electrons. The molecule has 3 N–H and O–H groups in total. The average molecular weight is 270 g/mol. The first kappa shape index (κ1) is 14.1. The third-order valence-electron chi connectivity index (χ3n) is 2.80. The van der Waals surface area contributed by atoms with Crippen molar-refractivity contribution < 1.29 is 9.53 Å². The molecule has 0 atom stereocenters. The van der Waals surface area contributed by atoms with E-state index in [0.29, 0.717) is 31.0 Å². The lowest BCUT2D eigenvalue weighted by molar-refractivity contribution is 0.0950. The van der Waals surface area contributed by atoms with Crippen molar-refractivity contribution >= 4 is 5.91 Å². The predicted octanol–water partition coefficient (Wildman–Crippen LogP) is 1.95. The van der Waals surface area contributed by atoms with Crippen LogP contribution in [0, 0.1) is 0 Å². The van der Waals surface area contributed by atoms with E-state index in [4.69, 9.17) is 10.5 Å². The highest BCUT2D eigenvalue weighted by Gasteiger charge is 2.11. The van der Waals surface area contributed by atoms with Crippen LogP contribution in [0.15, 0.2) is 54.6 Å². The van der Waals surface area contributed by atoms with Crippen LogP contribution in [-0.2, 0) is 6.61 Å². The number of carbonyl (C=O) groups excluding carboxylic acids is 1. The van der Waals surface area contributed by atoms with E-state index < -0.39 is 0 Å². The van der Waals surface area contributed by atoms with E-state index in [9.17, 15) is 4.79 Å². The molecule has 2 aromatic carbocycles. The van der Waals surface area contributed by atoms with Gasteiger partial charge in [-0.05, 0) is 17.7 Å². The van der Waals surface area contributed by atoms with Gasteiger partial charge in [0.1, 0.15) is 12.4 Å². The van der Waals surface area contributed by atoms with E-state index in [2.05, 4.69) is 5.32 Å². The van der Waals surface area contributed by atoms with Gasteiger partial charge in [-0.15, -0.1) is 0 Å². The van der Waals surface area contributed by atoms with Crippen molar-refractivity contribution in [2.24, 2.45) is 5.73 Å². The summed E-state index contributed by atoms with van der Waals surface area (Å²) in [5, 5.41) is 2.74. The molecule has 2 aromatic rings. The third kappa shape index (κ3) is 3.83. The molecule has 0 aliphatic heterocycles. The van der Waals surface area contributed by atoms with Crippen molar-refractivity contribution in [1.29, 1.82) is 0 Å². The highest BCUT2D eigenvalue weighted by Crippen LogP contribution is 2.19. The Labute approximate surface area is 118 Å². The Morgan fingerprint density at radius 1 is 1.05 bits per heavy atom. The second-order valence-electron chi connectivity index (χ2n) is 4.32. The molecule has 104 valence electrons. The first-order valence-corrected chi connectivity index (χ1v) is 6.55. The maximum absolute atomic E-state index is 12.0. The Balaban J connectivity index is 2.06. The number of benzene rings is 2. The van der Waals surface area contributed by atoms with Gasteiger partial charge in [0, 0.05) is 13.1 Å². The van der Waals surface area contributed by atoms with E-state index >= 15 is 0 Å². The largest absolute Gasteiger partial charge is 0.488 e. The number of hydrogen-bond acceptors (Lipinski definition) is 3. The molecule has 0 saturated carbocycles. The van der Waals surface area contributed by atoms with E-state index in [1.807, 2.05) is 42.5 Å². The van der Waals surface area contributed by atoms with E-state index in [-0.39, 0.29) is 5.91 Å². The minimum atomic E-state index is -0.167. The average Bonchev–Trinajstić information content (AvgIpc) is 2.52. The lowest BCUT2D eigenvalue weighted by Crippen LogP contribution is -2.29. The highest BCUT2D eigenvalue weighted by atomic mass is 16.5. The number of rotatable bonds is 6. The van der Waals surface area contributed by atoms with Crippen LogP contribution in [0.1, 0.15) is 15.9 Å². The highest BCUT2D eigenvalue weighted by molar-refractivity contribution is 5.96. The Kier molecular flexibility index (Phi) is 5.15. The molecule has 20 heavy (non-hydrogen) atoms. The molecule has 0 saturated heterocycles. The quantitative estimate of drug-likeness (QED) is 0.843. The molecule has 1 amide bonds. The van der Waals surface area contributed by atoms with Crippen LogP contribution < -0.4 is 15.8 Å². The number of hydrogen-bond donors (Lipinski definition) is 2. The summed E-state index contributed by atoms with van der Waals surface area (Å²) in [6, 6.07) is 17.0. The predicted molar refractivity (Wildman–Crippen MR) is 78.6 cm³/mol. The zero-order valence-electron chi connectivity index (χ0n) is 11.2. The number of para-hydroxylation sites is 1. The van der Waals surface area contributed by atoms with Gasteiger partial charge in [0.05, 0.1) is 5.56 Å².